The highest BCUT2D eigenvalue weighted by molar-refractivity contribution is 7.86. The van der Waals surface area contributed by atoms with E-state index >= 15 is 0 Å². The first-order valence-corrected chi connectivity index (χ1v) is 11.9. The molecule has 3 aromatic rings. The molecule has 2 aliphatic heterocycles. The fourth-order valence-electron chi connectivity index (χ4n) is 4.11. The number of benzene rings is 1. The minimum atomic E-state index is -3.77. The van der Waals surface area contributed by atoms with E-state index in [9.17, 15) is 8.42 Å². The number of hydrogen-bond donors (Lipinski definition) is 1. The van der Waals surface area contributed by atoms with Crippen LogP contribution in [0.1, 0.15) is 5.56 Å². The molecule has 0 aliphatic carbocycles. The van der Waals surface area contributed by atoms with Crippen LogP contribution in [0.15, 0.2) is 36.7 Å². The van der Waals surface area contributed by atoms with Crippen molar-refractivity contribution < 1.29 is 17.9 Å². The van der Waals surface area contributed by atoms with Gasteiger partial charge in [-0.3, -0.25) is 4.98 Å². The second-order valence-electron chi connectivity index (χ2n) is 7.96. The van der Waals surface area contributed by atoms with Gasteiger partial charge in [0.1, 0.15) is 12.7 Å². The molecule has 176 valence electrons. The molecule has 5 rings (SSSR count). The molecular formula is C21H26N6O4S2. The van der Waals surface area contributed by atoms with Crippen molar-refractivity contribution in [2.45, 2.75) is 12.5 Å². The smallest absolute Gasteiger partial charge is 0.277 e. The maximum Gasteiger partial charge on any atom is 0.277 e. The summed E-state index contributed by atoms with van der Waals surface area (Å²) in [6, 6.07) is 8.21. The van der Waals surface area contributed by atoms with E-state index in [-0.39, 0.29) is 39.8 Å². The largest absolute Gasteiger partial charge is 0.473 e. The minimum absolute atomic E-state index is 0. The summed E-state index contributed by atoms with van der Waals surface area (Å²) in [4.78, 5) is 15.8. The van der Waals surface area contributed by atoms with E-state index in [0.29, 0.717) is 16.9 Å². The second-order valence-corrected chi connectivity index (χ2v) is 9.50. The summed E-state index contributed by atoms with van der Waals surface area (Å²) in [5, 5.41) is 5.25. The predicted octanol–water partition coefficient (Wildman–Crippen LogP) is 1.08. The van der Waals surface area contributed by atoms with Crippen LogP contribution in [0.2, 0.25) is 0 Å². The maximum absolute atomic E-state index is 11.7. The number of pyridine rings is 1. The molecule has 33 heavy (non-hydrogen) atoms. The molecule has 0 saturated carbocycles. The number of ether oxygens (including phenoxy) is 2. The quantitative estimate of drug-likeness (QED) is 0.564. The Balaban J connectivity index is 0.00000259. The van der Waals surface area contributed by atoms with E-state index in [4.69, 9.17) is 19.6 Å². The molecule has 0 bridgehead atoms. The third kappa shape index (κ3) is 4.89. The van der Waals surface area contributed by atoms with E-state index in [2.05, 4.69) is 34.0 Å². The number of nitrogens with two attached hydrogens (primary N) is 1. The van der Waals surface area contributed by atoms with Crippen LogP contribution in [-0.4, -0.2) is 73.7 Å². The van der Waals surface area contributed by atoms with Crippen molar-refractivity contribution in [3.63, 3.8) is 0 Å². The van der Waals surface area contributed by atoms with Gasteiger partial charge in [0.2, 0.25) is 5.88 Å². The highest BCUT2D eigenvalue weighted by atomic mass is 32.2. The Labute approximate surface area is 199 Å². The lowest BCUT2D eigenvalue weighted by molar-refractivity contribution is -0.0254. The zero-order valence-corrected chi connectivity index (χ0v) is 20.0. The number of nitrogens with zero attached hydrogens (tertiary/aromatic N) is 5. The van der Waals surface area contributed by atoms with Crippen LogP contribution in [-0.2, 0) is 21.4 Å². The molecule has 4 heterocycles. The van der Waals surface area contributed by atoms with E-state index in [1.54, 1.807) is 12.4 Å². The molecular weight excluding hydrogens is 464 g/mol. The second kappa shape index (κ2) is 9.39. The van der Waals surface area contributed by atoms with Crippen molar-refractivity contribution in [1.82, 2.24) is 19.3 Å². The third-order valence-corrected chi connectivity index (χ3v) is 6.85. The van der Waals surface area contributed by atoms with Crippen LogP contribution >= 0.6 is 13.5 Å². The lowest BCUT2D eigenvalue weighted by Crippen LogP contribution is -2.49. The number of rotatable bonds is 5. The molecule has 1 atom stereocenters. The third-order valence-electron chi connectivity index (χ3n) is 5.79. The summed E-state index contributed by atoms with van der Waals surface area (Å²) in [5.41, 5.74) is 5.44. The van der Waals surface area contributed by atoms with Crippen molar-refractivity contribution >= 4 is 40.4 Å². The molecule has 2 aromatic heterocycles. The Hall–Kier alpha value is -2.51. The highest BCUT2D eigenvalue weighted by Gasteiger charge is 2.28. The first-order valence-electron chi connectivity index (χ1n) is 10.4. The molecule has 12 heteroatoms. The average Bonchev–Trinajstić information content (AvgIpc) is 3.17. The van der Waals surface area contributed by atoms with E-state index in [1.165, 1.54) is 15.6 Å². The zero-order chi connectivity index (χ0) is 22.3. The van der Waals surface area contributed by atoms with Crippen molar-refractivity contribution in [1.29, 1.82) is 0 Å². The summed E-state index contributed by atoms with van der Waals surface area (Å²) < 4.78 is 36.1. The molecule has 0 unspecified atom stereocenters. The number of fused-ring (bicyclic) bond motifs is 2. The molecule has 2 N–H and O–H groups in total. The van der Waals surface area contributed by atoms with Gasteiger partial charge in [0, 0.05) is 50.3 Å². The molecule has 1 saturated heterocycles. The van der Waals surface area contributed by atoms with E-state index in [1.807, 2.05) is 12.1 Å². The van der Waals surface area contributed by atoms with Crippen LogP contribution < -0.4 is 14.8 Å². The molecule has 1 fully saturated rings. The Morgan fingerprint density at radius 2 is 2.03 bits per heavy atom. The van der Waals surface area contributed by atoms with Gasteiger partial charge in [-0.2, -0.15) is 26.2 Å². The summed E-state index contributed by atoms with van der Waals surface area (Å²) in [5.74, 6) is 0.333. The standard InChI is InChI=1S/C21H24N6O4S.H2S/c1-26-7-4-15-10-14(2-3-19(15)26)17-11-18-20(24-6-5-23-18)21(25-17)31-13-16-12-27(8-9-30-16)32(22,28)29;/h2-3,5-6,10-11,16H,4,7-9,12-13H2,1H3,(H2,22,28,29);1H2/t16-;/m0./s1. The number of aromatic nitrogens is 3. The van der Waals surface area contributed by atoms with Gasteiger partial charge in [0.05, 0.1) is 17.8 Å². The summed E-state index contributed by atoms with van der Waals surface area (Å²) in [6.07, 6.45) is 3.74. The Kier molecular flexibility index (Phi) is 6.73. The topological polar surface area (TPSA) is 124 Å². The Bertz CT molecular complexity index is 1270. The SMILES string of the molecule is CN1CCc2cc(-c3cc4nccnc4c(OC[C@@H]4CN(S(N)(=O)=O)CCO4)n3)ccc21.S. The summed E-state index contributed by atoms with van der Waals surface area (Å²) in [6.45, 7) is 1.72. The van der Waals surface area contributed by atoms with E-state index in [0.717, 1.165) is 24.2 Å². The van der Waals surface area contributed by atoms with Gasteiger partial charge >= 0.3 is 0 Å². The van der Waals surface area contributed by atoms with Crippen LogP contribution in [0.25, 0.3) is 22.3 Å². The lowest BCUT2D eigenvalue weighted by atomic mass is 10.1. The lowest BCUT2D eigenvalue weighted by Gasteiger charge is -2.30. The normalized spacial score (nSPS) is 18.7. The van der Waals surface area contributed by atoms with Crippen molar-refractivity contribution in [2.24, 2.45) is 5.14 Å². The van der Waals surface area contributed by atoms with Gasteiger partial charge in [0.15, 0.2) is 5.52 Å². The summed E-state index contributed by atoms with van der Waals surface area (Å²) in [7, 11) is -1.68. The van der Waals surface area contributed by atoms with Crippen molar-refractivity contribution in [2.75, 3.05) is 44.8 Å². The Morgan fingerprint density at radius 1 is 1.21 bits per heavy atom. The molecule has 1 aromatic carbocycles. The number of likely N-dealkylation sites (N-methyl/N-ethyl adjacent to an activating group) is 1. The first kappa shape index (κ1) is 23.6. The minimum Gasteiger partial charge on any atom is -0.473 e. The number of anilines is 1. The van der Waals surface area contributed by atoms with Crippen LogP contribution in [0.4, 0.5) is 5.69 Å². The Morgan fingerprint density at radius 3 is 2.85 bits per heavy atom. The van der Waals surface area contributed by atoms with Gasteiger partial charge in [-0.1, -0.05) is 6.07 Å². The predicted molar refractivity (Wildman–Crippen MR) is 130 cm³/mol. The van der Waals surface area contributed by atoms with Gasteiger partial charge in [-0.25, -0.2) is 15.1 Å². The molecule has 0 amide bonds. The molecule has 0 spiro atoms. The van der Waals surface area contributed by atoms with Gasteiger partial charge in [-0.05, 0) is 30.2 Å². The number of hydrogen-bond acceptors (Lipinski definition) is 8. The number of morpholine rings is 1. The van der Waals surface area contributed by atoms with Gasteiger partial charge in [0.25, 0.3) is 10.2 Å². The fraction of sp³-hybridized carbons (Fsp3) is 0.381. The summed E-state index contributed by atoms with van der Waals surface area (Å²) >= 11 is 0. The van der Waals surface area contributed by atoms with Crippen molar-refractivity contribution in [3.05, 3.63) is 42.2 Å². The molecule has 10 nitrogen and oxygen atoms in total. The average molecular weight is 491 g/mol. The molecule has 2 aliphatic rings. The van der Waals surface area contributed by atoms with Crippen molar-refractivity contribution in [3.8, 4) is 17.1 Å². The highest BCUT2D eigenvalue weighted by Crippen LogP contribution is 2.33. The fourth-order valence-corrected chi connectivity index (χ4v) is 4.82. The molecule has 0 radical (unpaired) electrons. The van der Waals surface area contributed by atoms with Gasteiger partial charge in [-0.15, -0.1) is 0 Å². The van der Waals surface area contributed by atoms with Crippen LogP contribution in [0.3, 0.4) is 0 Å². The zero-order valence-electron chi connectivity index (χ0n) is 18.1. The first-order chi connectivity index (χ1) is 15.4. The van der Waals surface area contributed by atoms with Crippen LogP contribution in [0, 0.1) is 0 Å². The maximum atomic E-state index is 11.7. The van der Waals surface area contributed by atoms with E-state index < -0.39 is 16.3 Å². The van der Waals surface area contributed by atoms with Crippen LogP contribution in [0.5, 0.6) is 5.88 Å². The van der Waals surface area contributed by atoms with Gasteiger partial charge < -0.3 is 14.4 Å². The monoisotopic (exact) mass is 490 g/mol.